The van der Waals surface area contributed by atoms with Crippen LogP contribution in [0.5, 0.6) is 23.0 Å². The van der Waals surface area contributed by atoms with Crippen LogP contribution in [-0.4, -0.2) is 48.6 Å². The van der Waals surface area contributed by atoms with Gasteiger partial charge in [0.2, 0.25) is 0 Å². The number of carbonyl (C=O) groups is 2. The minimum absolute atomic E-state index is 0.0807. The summed E-state index contributed by atoms with van der Waals surface area (Å²) >= 11 is 0. The first-order valence-corrected chi connectivity index (χ1v) is 9.59. The normalized spacial score (nSPS) is 18.3. The largest absolute Gasteiger partial charge is 0.504 e. The molecule has 0 bridgehead atoms. The number of methoxy groups -OCH3 is 2. The van der Waals surface area contributed by atoms with E-state index in [0.29, 0.717) is 12.8 Å². The van der Waals surface area contributed by atoms with Gasteiger partial charge in [0.25, 0.3) is 0 Å². The molecule has 0 amide bonds. The van der Waals surface area contributed by atoms with Crippen LogP contribution < -0.4 is 9.47 Å². The summed E-state index contributed by atoms with van der Waals surface area (Å²) in [5.41, 5.74) is 0.451. The van der Waals surface area contributed by atoms with Crippen LogP contribution in [-0.2, 0) is 9.47 Å². The quantitative estimate of drug-likeness (QED) is 0.689. The summed E-state index contributed by atoms with van der Waals surface area (Å²) in [6, 6.07) is 8.37. The van der Waals surface area contributed by atoms with Crippen LogP contribution in [0.25, 0.3) is 0 Å². The Bertz CT molecular complexity index is 848. The van der Waals surface area contributed by atoms with Crippen LogP contribution >= 0.6 is 0 Å². The van der Waals surface area contributed by atoms with E-state index in [1.807, 2.05) is 0 Å². The molecule has 1 aliphatic carbocycles. The zero-order valence-corrected chi connectivity index (χ0v) is 16.8. The lowest BCUT2D eigenvalue weighted by molar-refractivity contribution is -0.0514. The van der Waals surface area contributed by atoms with Crippen molar-refractivity contribution in [2.45, 2.75) is 37.9 Å². The molecule has 2 aromatic carbocycles. The molecule has 0 spiro atoms. The van der Waals surface area contributed by atoms with Crippen LogP contribution in [0.3, 0.4) is 0 Å². The van der Waals surface area contributed by atoms with Crippen LogP contribution in [0.1, 0.15) is 46.4 Å². The molecule has 1 aliphatic rings. The first kappa shape index (κ1) is 21.3. The summed E-state index contributed by atoms with van der Waals surface area (Å²) in [5.74, 6) is -1.01. The van der Waals surface area contributed by atoms with Crippen molar-refractivity contribution in [1.29, 1.82) is 0 Å². The minimum Gasteiger partial charge on any atom is -0.504 e. The van der Waals surface area contributed by atoms with Crippen molar-refractivity contribution in [1.82, 2.24) is 0 Å². The van der Waals surface area contributed by atoms with Gasteiger partial charge in [0.1, 0.15) is 12.2 Å². The van der Waals surface area contributed by atoms with Gasteiger partial charge in [-0.25, -0.2) is 9.59 Å². The molecule has 0 aromatic heterocycles. The van der Waals surface area contributed by atoms with Crippen molar-refractivity contribution in [3.05, 3.63) is 47.5 Å². The zero-order valence-electron chi connectivity index (χ0n) is 16.8. The molecule has 8 heteroatoms. The van der Waals surface area contributed by atoms with Gasteiger partial charge in [0.15, 0.2) is 23.0 Å². The Morgan fingerprint density at radius 1 is 0.767 bits per heavy atom. The maximum atomic E-state index is 12.6. The number of ether oxygens (including phenoxy) is 4. The second-order valence-corrected chi connectivity index (χ2v) is 6.95. The summed E-state index contributed by atoms with van der Waals surface area (Å²) in [5, 5.41) is 19.4. The molecule has 2 atom stereocenters. The molecule has 2 N–H and O–H groups in total. The molecule has 30 heavy (non-hydrogen) atoms. The maximum absolute atomic E-state index is 12.6. The van der Waals surface area contributed by atoms with Crippen molar-refractivity contribution in [2.75, 3.05) is 14.2 Å². The standard InChI is InChI=1S/C22H24O8/c1-27-19-11-13(7-9-15(19)23)21(25)29-17-5-3-4-6-18(17)30-22(26)14-8-10-16(24)20(12-14)28-2/h7-12,17-18,23-24H,3-6H2,1-2H3/t17-,18?/m1/s1. The lowest BCUT2D eigenvalue weighted by atomic mass is 9.94. The average molecular weight is 416 g/mol. The molecule has 3 rings (SSSR count). The molecule has 160 valence electrons. The SMILES string of the molecule is COc1cc(C(=O)OC2CCCC[C@H]2OC(=O)c2ccc(O)c(OC)c2)ccc1O. The number of hydrogen-bond acceptors (Lipinski definition) is 8. The number of carbonyl (C=O) groups excluding carboxylic acids is 2. The Morgan fingerprint density at radius 3 is 1.53 bits per heavy atom. The van der Waals surface area contributed by atoms with Crippen molar-refractivity contribution in [2.24, 2.45) is 0 Å². The van der Waals surface area contributed by atoms with E-state index in [1.54, 1.807) is 0 Å². The van der Waals surface area contributed by atoms with E-state index >= 15 is 0 Å². The lowest BCUT2D eigenvalue weighted by Gasteiger charge is -2.30. The fraction of sp³-hybridized carbons (Fsp3) is 0.364. The van der Waals surface area contributed by atoms with Crippen molar-refractivity contribution >= 4 is 11.9 Å². The van der Waals surface area contributed by atoms with Gasteiger partial charge in [0.05, 0.1) is 25.3 Å². The summed E-state index contributed by atoms with van der Waals surface area (Å²) < 4.78 is 21.3. The number of esters is 2. The van der Waals surface area contributed by atoms with Gasteiger partial charge in [-0.2, -0.15) is 0 Å². The van der Waals surface area contributed by atoms with Crippen molar-refractivity contribution < 1.29 is 38.7 Å². The van der Waals surface area contributed by atoms with E-state index in [-0.39, 0.29) is 34.1 Å². The number of phenols is 2. The summed E-state index contributed by atoms with van der Waals surface area (Å²) in [4.78, 5) is 25.1. The molecule has 1 unspecified atom stereocenters. The van der Waals surface area contributed by atoms with Gasteiger partial charge in [0, 0.05) is 0 Å². The highest BCUT2D eigenvalue weighted by molar-refractivity contribution is 5.91. The Kier molecular flexibility index (Phi) is 6.66. The second kappa shape index (κ2) is 9.39. The van der Waals surface area contributed by atoms with Gasteiger partial charge in [-0.3, -0.25) is 0 Å². The lowest BCUT2D eigenvalue weighted by Crippen LogP contribution is -2.37. The smallest absolute Gasteiger partial charge is 0.338 e. The van der Waals surface area contributed by atoms with Gasteiger partial charge < -0.3 is 29.2 Å². The van der Waals surface area contributed by atoms with Crippen LogP contribution in [0, 0.1) is 0 Å². The van der Waals surface area contributed by atoms with E-state index in [1.165, 1.54) is 50.6 Å². The highest BCUT2D eigenvalue weighted by Gasteiger charge is 2.32. The number of rotatable bonds is 6. The first-order chi connectivity index (χ1) is 14.4. The predicted octanol–water partition coefficient (Wildman–Crippen LogP) is 3.44. The van der Waals surface area contributed by atoms with Crippen molar-refractivity contribution in [3.8, 4) is 23.0 Å². The highest BCUT2D eigenvalue weighted by Crippen LogP contribution is 2.30. The Hall–Kier alpha value is -3.42. The van der Waals surface area contributed by atoms with E-state index < -0.39 is 24.1 Å². The summed E-state index contributed by atoms with van der Waals surface area (Å²) in [7, 11) is 2.78. The molecule has 2 aromatic rings. The Balaban J connectivity index is 1.70. The van der Waals surface area contributed by atoms with Crippen LogP contribution in [0.4, 0.5) is 0 Å². The number of benzene rings is 2. The molecular weight excluding hydrogens is 392 g/mol. The molecule has 8 nitrogen and oxygen atoms in total. The molecule has 0 aliphatic heterocycles. The molecule has 0 radical (unpaired) electrons. The predicted molar refractivity (Wildman–Crippen MR) is 106 cm³/mol. The average Bonchev–Trinajstić information content (AvgIpc) is 2.75. The Morgan fingerprint density at radius 2 is 1.17 bits per heavy atom. The van der Waals surface area contributed by atoms with Gasteiger partial charge in [-0.05, 0) is 62.1 Å². The molecule has 1 saturated carbocycles. The third-order valence-electron chi connectivity index (χ3n) is 4.99. The fourth-order valence-corrected chi connectivity index (χ4v) is 3.35. The van der Waals surface area contributed by atoms with E-state index in [2.05, 4.69) is 0 Å². The molecule has 0 saturated heterocycles. The summed E-state index contributed by atoms with van der Waals surface area (Å²) in [6.45, 7) is 0. The third-order valence-corrected chi connectivity index (χ3v) is 4.99. The van der Waals surface area contributed by atoms with E-state index in [9.17, 15) is 19.8 Å². The minimum atomic E-state index is -0.590. The van der Waals surface area contributed by atoms with Crippen molar-refractivity contribution in [3.63, 3.8) is 0 Å². The van der Waals surface area contributed by atoms with Gasteiger partial charge in [-0.1, -0.05) is 0 Å². The van der Waals surface area contributed by atoms with Gasteiger partial charge in [-0.15, -0.1) is 0 Å². The first-order valence-electron chi connectivity index (χ1n) is 9.59. The van der Waals surface area contributed by atoms with Crippen LogP contribution in [0.2, 0.25) is 0 Å². The number of aromatic hydroxyl groups is 2. The molecular formula is C22H24O8. The second-order valence-electron chi connectivity index (χ2n) is 6.95. The molecule has 0 heterocycles. The summed E-state index contributed by atoms with van der Waals surface area (Å²) in [6.07, 6.45) is 1.65. The zero-order chi connectivity index (χ0) is 21.7. The molecule has 1 fully saturated rings. The Labute approximate surface area is 173 Å². The van der Waals surface area contributed by atoms with Crippen LogP contribution in [0.15, 0.2) is 36.4 Å². The highest BCUT2D eigenvalue weighted by atomic mass is 16.6. The fourth-order valence-electron chi connectivity index (χ4n) is 3.35. The maximum Gasteiger partial charge on any atom is 0.338 e. The van der Waals surface area contributed by atoms with E-state index in [4.69, 9.17) is 18.9 Å². The number of hydrogen-bond donors (Lipinski definition) is 2. The van der Waals surface area contributed by atoms with E-state index in [0.717, 1.165) is 12.8 Å². The monoisotopic (exact) mass is 416 g/mol. The number of phenolic OH excluding ortho intramolecular Hbond substituents is 2. The third kappa shape index (κ3) is 4.76. The topological polar surface area (TPSA) is 112 Å². The van der Waals surface area contributed by atoms with Gasteiger partial charge >= 0.3 is 11.9 Å².